The molecule has 0 fully saturated rings. The molecule has 0 radical (unpaired) electrons. The second-order valence-electron chi connectivity index (χ2n) is 1.48. The van der Waals surface area contributed by atoms with Crippen LogP contribution in [-0.4, -0.2) is 0 Å². The van der Waals surface area contributed by atoms with Gasteiger partial charge in [0, 0.05) is 8.61 Å². The zero-order valence-electron chi connectivity index (χ0n) is 5.21. The number of rotatable bonds is 1. The van der Waals surface area contributed by atoms with E-state index in [2.05, 4.69) is 22.6 Å². The van der Waals surface area contributed by atoms with Crippen LogP contribution in [-0.2, 0) is 0 Å². The molecule has 0 atom stereocenters. The molecule has 0 aromatic rings. The second kappa shape index (κ2) is 4.58. The first kappa shape index (κ1) is 9.79. The Bertz CT molecular complexity index is 154. The van der Waals surface area contributed by atoms with Crippen LogP contribution in [0.4, 0.5) is 0 Å². The highest BCUT2D eigenvalue weighted by Gasteiger charge is 1.97. The zero-order chi connectivity index (χ0) is 7.44. The molecule has 0 saturated carbocycles. The molecule has 0 spiro atoms. The van der Waals surface area contributed by atoms with E-state index in [0.29, 0.717) is 5.03 Å². The molecule has 0 bridgehead atoms. The second-order valence-corrected chi connectivity index (χ2v) is 3.54. The number of hydrogen-bond acceptors (Lipinski definition) is 0. The molecular weight excluding hydrogens is 270 g/mol. The average molecular weight is 277 g/mol. The lowest BCUT2D eigenvalue weighted by atomic mass is 10.4. The van der Waals surface area contributed by atoms with Gasteiger partial charge in [-0.3, -0.25) is 0 Å². The summed E-state index contributed by atoms with van der Waals surface area (Å²) in [5, 5.41) is 1.45. The van der Waals surface area contributed by atoms with Gasteiger partial charge in [0.2, 0.25) is 0 Å². The largest absolute Gasteiger partial charge is 0.0883 e. The predicted molar refractivity (Wildman–Crippen MR) is 52.2 cm³/mol. The van der Waals surface area contributed by atoms with Crippen molar-refractivity contribution in [2.45, 2.75) is 13.8 Å². The Morgan fingerprint density at radius 3 is 2.00 bits per heavy atom. The van der Waals surface area contributed by atoms with E-state index in [1.165, 1.54) is 0 Å². The van der Waals surface area contributed by atoms with Crippen molar-refractivity contribution in [3.05, 3.63) is 19.7 Å². The molecule has 0 nitrogen and oxygen atoms in total. The molecule has 3 heteroatoms. The van der Waals surface area contributed by atoms with Gasteiger partial charge < -0.3 is 0 Å². The lowest BCUT2D eigenvalue weighted by molar-refractivity contribution is 1.60. The third kappa shape index (κ3) is 3.48. The molecule has 0 aromatic carbocycles. The van der Waals surface area contributed by atoms with Crippen molar-refractivity contribution in [3.63, 3.8) is 0 Å². The Hall–Kier alpha value is 0.790. The van der Waals surface area contributed by atoms with Crippen molar-refractivity contribution in [2.24, 2.45) is 0 Å². The summed E-state index contributed by atoms with van der Waals surface area (Å²) in [5.41, 5.74) is 0. The normalized spacial score (nSPS) is 15.4. The van der Waals surface area contributed by atoms with Gasteiger partial charge in [0.05, 0.1) is 5.03 Å². The minimum atomic E-state index is 0.711. The van der Waals surface area contributed by atoms with Crippen molar-refractivity contribution in [3.8, 4) is 0 Å². The van der Waals surface area contributed by atoms with Crippen molar-refractivity contribution in [1.82, 2.24) is 0 Å². The molecule has 0 unspecified atom stereocenters. The first-order chi connectivity index (χ1) is 4.09. The number of allylic oxidation sites excluding steroid dienone is 4. The lowest BCUT2D eigenvalue weighted by Gasteiger charge is -1.94. The molecule has 9 heavy (non-hydrogen) atoms. The summed E-state index contributed by atoms with van der Waals surface area (Å²) >= 11 is 13.5. The molecule has 0 aromatic heterocycles. The van der Waals surface area contributed by atoms with Crippen molar-refractivity contribution in [1.29, 1.82) is 0 Å². The molecule has 0 N–H and O–H groups in total. The fourth-order valence-electron chi connectivity index (χ4n) is 0.291. The Morgan fingerprint density at radius 2 is 1.89 bits per heavy atom. The Morgan fingerprint density at radius 1 is 1.44 bits per heavy atom. The van der Waals surface area contributed by atoms with Gasteiger partial charge in [-0.1, -0.05) is 29.3 Å². The maximum absolute atomic E-state index is 5.72. The van der Waals surface area contributed by atoms with Crippen LogP contribution in [0.2, 0.25) is 0 Å². The number of hydrogen-bond donors (Lipinski definition) is 0. The van der Waals surface area contributed by atoms with E-state index in [-0.39, 0.29) is 0 Å². The van der Waals surface area contributed by atoms with Gasteiger partial charge in [0.15, 0.2) is 0 Å². The van der Waals surface area contributed by atoms with Gasteiger partial charge in [-0.25, -0.2) is 0 Å². The van der Waals surface area contributed by atoms with E-state index in [1.807, 2.05) is 19.9 Å². The summed E-state index contributed by atoms with van der Waals surface area (Å²) < 4.78 is 0.915. The van der Waals surface area contributed by atoms with Gasteiger partial charge in [-0.15, -0.1) is 0 Å². The molecule has 0 rings (SSSR count). The third-order valence-electron chi connectivity index (χ3n) is 0.766. The van der Waals surface area contributed by atoms with Crippen LogP contribution in [0.1, 0.15) is 13.8 Å². The van der Waals surface area contributed by atoms with Crippen LogP contribution in [0.15, 0.2) is 19.7 Å². The summed E-state index contributed by atoms with van der Waals surface area (Å²) in [7, 11) is 0. The Balaban J connectivity index is 4.40. The van der Waals surface area contributed by atoms with Crippen molar-refractivity contribution < 1.29 is 0 Å². The number of halogens is 3. The first-order valence-electron chi connectivity index (χ1n) is 2.43. The highest BCUT2D eigenvalue weighted by atomic mass is 127. The molecule has 0 aliphatic carbocycles. The maximum Gasteiger partial charge on any atom is 0.0508 e. The summed E-state index contributed by atoms with van der Waals surface area (Å²) in [4.78, 5) is 0. The quantitative estimate of drug-likeness (QED) is 0.501. The lowest BCUT2D eigenvalue weighted by Crippen LogP contribution is -1.71. The summed E-state index contributed by atoms with van der Waals surface area (Å²) in [6, 6.07) is 0. The molecule has 0 aliphatic heterocycles. The van der Waals surface area contributed by atoms with Gasteiger partial charge in [-0.05, 0) is 36.4 Å². The van der Waals surface area contributed by atoms with Crippen LogP contribution in [0.25, 0.3) is 0 Å². The summed E-state index contributed by atoms with van der Waals surface area (Å²) in [6.45, 7) is 3.69. The monoisotopic (exact) mass is 276 g/mol. The molecule has 0 amide bonds. The Kier molecular flexibility index (Phi) is 4.98. The summed E-state index contributed by atoms with van der Waals surface area (Å²) in [6.07, 6.45) is 1.81. The van der Waals surface area contributed by atoms with Gasteiger partial charge in [0.25, 0.3) is 0 Å². The van der Waals surface area contributed by atoms with Gasteiger partial charge in [0.1, 0.15) is 0 Å². The van der Waals surface area contributed by atoms with Crippen molar-refractivity contribution in [2.75, 3.05) is 0 Å². The first-order valence-corrected chi connectivity index (χ1v) is 4.27. The van der Waals surface area contributed by atoms with E-state index in [1.54, 1.807) is 0 Å². The van der Waals surface area contributed by atoms with Gasteiger partial charge in [-0.2, -0.15) is 0 Å². The molecule has 0 aliphatic rings. The topological polar surface area (TPSA) is 0 Å². The van der Waals surface area contributed by atoms with Crippen LogP contribution in [0.3, 0.4) is 0 Å². The fourth-order valence-corrected chi connectivity index (χ4v) is 0.895. The highest BCUT2D eigenvalue weighted by molar-refractivity contribution is 14.1. The molecule has 0 saturated heterocycles. The molecular formula is C6H7Cl2I. The SMILES string of the molecule is C/C=C(Cl)\C(I)=C(/C)Cl. The van der Waals surface area contributed by atoms with E-state index < -0.39 is 0 Å². The smallest absolute Gasteiger partial charge is 0.0508 e. The maximum atomic E-state index is 5.72. The van der Waals surface area contributed by atoms with Crippen LogP contribution in [0, 0.1) is 0 Å². The fraction of sp³-hybridized carbons (Fsp3) is 0.333. The standard InChI is InChI=1S/C6H7Cl2I/c1-3-5(8)6(9)4(2)7/h3H,1-2H3/b5-3+,6-4-. The van der Waals surface area contributed by atoms with Crippen LogP contribution < -0.4 is 0 Å². The van der Waals surface area contributed by atoms with E-state index in [4.69, 9.17) is 23.2 Å². The van der Waals surface area contributed by atoms with Crippen LogP contribution in [0.5, 0.6) is 0 Å². The minimum Gasteiger partial charge on any atom is -0.0883 e. The average Bonchev–Trinajstić information content (AvgIpc) is 1.84. The van der Waals surface area contributed by atoms with Crippen molar-refractivity contribution >= 4 is 45.8 Å². The molecule has 0 heterocycles. The summed E-state index contributed by atoms with van der Waals surface area (Å²) in [5.74, 6) is 0. The van der Waals surface area contributed by atoms with Gasteiger partial charge >= 0.3 is 0 Å². The van der Waals surface area contributed by atoms with E-state index >= 15 is 0 Å². The Labute approximate surface area is 79.1 Å². The minimum absolute atomic E-state index is 0.711. The van der Waals surface area contributed by atoms with E-state index in [9.17, 15) is 0 Å². The third-order valence-corrected chi connectivity index (χ3v) is 3.39. The zero-order valence-corrected chi connectivity index (χ0v) is 8.88. The predicted octanol–water partition coefficient (Wildman–Crippen LogP) is 4.03. The van der Waals surface area contributed by atoms with E-state index in [0.717, 1.165) is 8.61 Å². The van der Waals surface area contributed by atoms with Crippen LogP contribution >= 0.6 is 45.8 Å². The molecule has 52 valence electrons. The highest BCUT2D eigenvalue weighted by Crippen LogP contribution is 2.26.